The molecule has 15 heavy (non-hydrogen) atoms. The minimum atomic E-state index is -0.00452. The van der Waals surface area contributed by atoms with Gasteiger partial charge in [0, 0.05) is 0 Å². The Kier molecular flexibility index (Phi) is 2.29. The van der Waals surface area contributed by atoms with E-state index in [0.29, 0.717) is 21.2 Å². The van der Waals surface area contributed by atoms with Crippen LogP contribution in [0.1, 0.15) is 39.0 Å². The number of alkyl halides is 2. The van der Waals surface area contributed by atoms with Crippen LogP contribution in [0.25, 0.3) is 0 Å². The molecule has 2 atom stereocenters. The summed E-state index contributed by atoms with van der Waals surface area (Å²) in [4.78, 5) is 0. The average Bonchev–Trinajstić information content (AvgIpc) is 2.12. The quantitative estimate of drug-likeness (QED) is 0.506. The van der Waals surface area contributed by atoms with E-state index in [1.807, 2.05) is 0 Å². The first-order valence-electron chi connectivity index (χ1n) is 5.89. The molecule has 1 heterocycles. The van der Waals surface area contributed by atoms with Gasteiger partial charge in [0.05, 0.1) is 0 Å². The van der Waals surface area contributed by atoms with Crippen LogP contribution in [0.15, 0.2) is 23.3 Å². The second-order valence-corrected chi connectivity index (χ2v) is 9.65. The van der Waals surface area contributed by atoms with Crippen molar-refractivity contribution >= 4 is 0 Å². The standard InChI is InChI=1S/C13H19IN/c1-12(15)7-11(8-12)10-3-2-4-13(9-10)5-6-14-13/h3,7H,2,4-6,8-9,15H2,1H3/q-1. The molecule has 1 nitrogen and oxygen atoms in total. The van der Waals surface area contributed by atoms with Crippen molar-refractivity contribution in [2.75, 3.05) is 4.43 Å². The summed E-state index contributed by atoms with van der Waals surface area (Å²) in [7, 11) is 0. The van der Waals surface area contributed by atoms with Gasteiger partial charge >= 0.3 is 103 Å². The summed E-state index contributed by atoms with van der Waals surface area (Å²) in [5.41, 5.74) is 9.25. The Morgan fingerprint density at radius 2 is 2.00 bits per heavy atom. The second-order valence-electron chi connectivity index (χ2n) is 5.52. The molecule has 84 valence electrons. The summed E-state index contributed by atoms with van der Waals surface area (Å²) in [6.45, 7) is 2.13. The first kappa shape index (κ1) is 10.3. The fourth-order valence-corrected chi connectivity index (χ4v) is 6.36. The van der Waals surface area contributed by atoms with Crippen molar-refractivity contribution in [3.63, 3.8) is 0 Å². The average molecular weight is 316 g/mol. The third-order valence-electron chi connectivity index (χ3n) is 3.90. The fraction of sp³-hybridized carbons (Fsp3) is 0.692. The van der Waals surface area contributed by atoms with Crippen molar-refractivity contribution in [2.45, 2.75) is 48.0 Å². The molecule has 1 aliphatic heterocycles. The monoisotopic (exact) mass is 316 g/mol. The minimum absolute atomic E-state index is 0.00452. The van der Waals surface area contributed by atoms with E-state index in [2.05, 4.69) is 19.1 Å². The normalized spacial score (nSPS) is 44.7. The molecule has 0 aromatic carbocycles. The molecule has 0 aromatic heterocycles. The number of hydrogen-bond donors (Lipinski definition) is 1. The Labute approximate surface area is 102 Å². The zero-order valence-electron chi connectivity index (χ0n) is 9.35. The second kappa shape index (κ2) is 3.33. The molecule has 0 bridgehead atoms. The third-order valence-corrected chi connectivity index (χ3v) is 8.06. The zero-order chi connectivity index (χ0) is 10.5. The van der Waals surface area contributed by atoms with Gasteiger partial charge in [-0.3, -0.25) is 0 Å². The molecular formula is C13H19IN-. The molecule has 3 rings (SSSR count). The van der Waals surface area contributed by atoms with Crippen LogP contribution in [0, 0.1) is 0 Å². The Balaban J connectivity index is 1.75. The van der Waals surface area contributed by atoms with Gasteiger partial charge in [0.1, 0.15) is 0 Å². The van der Waals surface area contributed by atoms with Gasteiger partial charge in [-0.25, -0.2) is 0 Å². The molecule has 2 N–H and O–H groups in total. The first-order chi connectivity index (χ1) is 7.09. The molecule has 0 radical (unpaired) electrons. The van der Waals surface area contributed by atoms with E-state index in [4.69, 9.17) is 5.73 Å². The molecule has 0 aromatic rings. The summed E-state index contributed by atoms with van der Waals surface area (Å²) < 4.78 is 2.39. The Hall–Kier alpha value is 0.170. The van der Waals surface area contributed by atoms with Crippen molar-refractivity contribution < 1.29 is 21.2 Å². The van der Waals surface area contributed by atoms with E-state index < -0.39 is 0 Å². The van der Waals surface area contributed by atoms with E-state index in [9.17, 15) is 0 Å². The van der Waals surface area contributed by atoms with Crippen LogP contribution in [0.2, 0.25) is 0 Å². The van der Waals surface area contributed by atoms with Gasteiger partial charge in [0.25, 0.3) is 0 Å². The summed E-state index contributed by atoms with van der Waals surface area (Å²) in [5.74, 6) is 0. The number of halogens is 1. The Morgan fingerprint density at radius 1 is 1.27 bits per heavy atom. The molecule has 3 aliphatic rings. The molecule has 2 aliphatic carbocycles. The maximum atomic E-state index is 6.04. The molecular weight excluding hydrogens is 297 g/mol. The summed E-state index contributed by atoms with van der Waals surface area (Å²) >= 11 is 0.526. The Morgan fingerprint density at radius 3 is 2.53 bits per heavy atom. The van der Waals surface area contributed by atoms with Gasteiger partial charge in [-0.1, -0.05) is 0 Å². The van der Waals surface area contributed by atoms with Crippen LogP contribution in [0.4, 0.5) is 0 Å². The maximum absolute atomic E-state index is 6.04. The van der Waals surface area contributed by atoms with Crippen molar-refractivity contribution in [1.29, 1.82) is 0 Å². The van der Waals surface area contributed by atoms with E-state index in [-0.39, 0.29) is 5.54 Å². The van der Waals surface area contributed by atoms with E-state index in [1.165, 1.54) is 25.7 Å². The fourth-order valence-electron chi connectivity index (χ4n) is 2.93. The number of hydrogen-bond acceptors (Lipinski definition) is 1. The van der Waals surface area contributed by atoms with Crippen molar-refractivity contribution in [1.82, 2.24) is 0 Å². The van der Waals surface area contributed by atoms with Crippen LogP contribution in [0.3, 0.4) is 0 Å². The van der Waals surface area contributed by atoms with Gasteiger partial charge in [0.2, 0.25) is 0 Å². The van der Waals surface area contributed by atoms with Crippen molar-refractivity contribution in [3.05, 3.63) is 23.3 Å². The summed E-state index contributed by atoms with van der Waals surface area (Å²) in [6, 6.07) is 0. The van der Waals surface area contributed by atoms with Crippen LogP contribution in [-0.2, 0) is 0 Å². The van der Waals surface area contributed by atoms with Crippen LogP contribution in [-0.4, -0.2) is 13.4 Å². The van der Waals surface area contributed by atoms with Gasteiger partial charge in [-0.05, 0) is 0 Å². The van der Waals surface area contributed by atoms with Crippen molar-refractivity contribution in [3.8, 4) is 0 Å². The molecule has 1 spiro atoms. The summed E-state index contributed by atoms with van der Waals surface area (Å²) in [5, 5.41) is 0. The number of allylic oxidation sites excluding steroid dienone is 2. The first-order valence-corrected chi connectivity index (χ1v) is 8.49. The van der Waals surface area contributed by atoms with Gasteiger partial charge < -0.3 is 0 Å². The SMILES string of the molecule is CC1(N)C=C(C2=CCCC3(CC[I-]3)C2)C1. The third kappa shape index (κ3) is 1.80. The van der Waals surface area contributed by atoms with Crippen LogP contribution in [0.5, 0.6) is 0 Å². The molecule has 0 saturated carbocycles. The predicted octanol–water partition coefficient (Wildman–Crippen LogP) is -0.624. The van der Waals surface area contributed by atoms with E-state index in [0.717, 1.165) is 9.84 Å². The number of nitrogens with two attached hydrogens (primary N) is 1. The van der Waals surface area contributed by atoms with Crippen LogP contribution >= 0.6 is 0 Å². The van der Waals surface area contributed by atoms with Gasteiger partial charge in [0.15, 0.2) is 0 Å². The van der Waals surface area contributed by atoms with E-state index >= 15 is 0 Å². The Bertz CT molecular complexity index is 348. The van der Waals surface area contributed by atoms with Gasteiger partial charge in [-0.15, -0.1) is 0 Å². The molecule has 1 fully saturated rings. The van der Waals surface area contributed by atoms with Crippen LogP contribution < -0.4 is 26.9 Å². The number of rotatable bonds is 1. The zero-order valence-corrected chi connectivity index (χ0v) is 11.5. The molecule has 0 amide bonds. The van der Waals surface area contributed by atoms with Gasteiger partial charge in [-0.2, -0.15) is 0 Å². The molecule has 1 saturated heterocycles. The topological polar surface area (TPSA) is 26.0 Å². The van der Waals surface area contributed by atoms with E-state index in [1.54, 1.807) is 15.6 Å². The molecule has 2 unspecified atom stereocenters. The van der Waals surface area contributed by atoms with Crippen molar-refractivity contribution in [2.24, 2.45) is 5.73 Å². The predicted molar refractivity (Wildman–Crippen MR) is 59.4 cm³/mol. The molecule has 2 heteroatoms. The summed E-state index contributed by atoms with van der Waals surface area (Å²) in [6.07, 6.45) is 11.6.